The fourth-order valence-electron chi connectivity index (χ4n) is 1.79. The smallest absolute Gasteiger partial charge is 0.124 e. The Hall–Kier alpha value is -1.39. The number of halogens is 2. The molecule has 0 aliphatic heterocycles. The zero-order valence-corrected chi connectivity index (χ0v) is 11.2. The van der Waals surface area contributed by atoms with Gasteiger partial charge in [-0.25, -0.2) is 4.39 Å². The summed E-state index contributed by atoms with van der Waals surface area (Å²) in [7, 11) is 0. The van der Waals surface area contributed by atoms with Crippen LogP contribution in [0.2, 0.25) is 0 Å². The molecule has 0 aliphatic carbocycles. The summed E-state index contributed by atoms with van der Waals surface area (Å²) in [5.41, 5.74) is 7.74. The standard InChI is InChI=1S/C14H13BrFNO/c15-11-5-9(6-12(16)8-11)7-14(18)10-1-3-13(17)4-2-10/h1-6,8,14,18H,7,17H2. The van der Waals surface area contributed by atoms with Crippen LogP contribution in [0.4, 0.5) is 10.1 Å². The molecule has 0 aliphatic rings. The lowest BCUT2D eigenvalue weighted by atomic mass is 10.0. The van der Waals surface area contributed by atoms with E-state index >= 15 is 0 Å². The van der Waals surface area contributed by atoms with Gasteiger partial charge in [-0.2, -0.15) is 0 Å². The van der Waals surface area contributed by atoms with Crippen LogP contribution < -0.4 is 5.73 Å². The number of benzene rings is 2. The molecule has 0 spiro atoms. The quantitative estimate of drug-likeness (QED) is 0.853. The molecular formula is C14H13BrFNO. The molecule has 2 aromatic rings. The molecule has 0 bridgehead atoms. The highest BCUT2D eigenvalue weighted by Gasteiger charge is 2.09. The lowest BCUT2D eigenvalue weighted by molar-refractivity contribution is 0.178. The van der Waals surface area contributed by atoms with E-state index in [4.69, 9.17) is 5.73 Å². The third-order valence-corrected chi connectivity index (χ3v) is 3.13. The van der Waals surface area contributed by atoms with E-state index in [-0.39, 0.29) is 5.82 Å². The van der Waals surface area contributed by atoms with Crippen LogP contribution in [0.5, 0.6) is 0 Å². The van der Waals surface area contributed by atoms with Crippen LogP contribution in [0, 0.1) is 5.82 Å². The van der Waals surface area contributed by atoms with Crippen molar-refractivity contribution in [1.29, 1.82) is 0 Å². The van der Waals surface area contributed by atoms with Crippen LogP contribution >= 0.6 is 15.9 Å². The van der Waals surface area contributed by atoms with Gasteiger partial charge in [-0.1, -0.05) is 28.1 Å². The molecule has 0 aromatic heterocycles. The van der Waals surface area contributed by atoms with E-state index in [0.29, 0.717) is 16.6 Å². The van der Waals surface area contributed by atoms with Gasteiger partial charge in [0.1, 0.15) is 5.82 Å². The molecule has 2 nitrogen and oxygen atoms in total. The van der Waals surface area contributed by atoms with E-state index in [1.54, 1.807) is 30.3 Å². The van der Waals surface area contributed by atoms with Crippen molar-refractivity contribution in [1.82, 2.24) is 0 Å². The number of hydrogen-bond donors (Lipinski definition) is 2. The minimum absolute atomic E-state index is 0.316. The number of anilines is 1. The van der Waals surface area contributed by atoms with Gasteiger partial charge < -0.3 is 10.8 Å². The normalized spacial score (nSPS) is 12.4. The summed E-state index contributed by atoms with van der Waals surface area (Å²) in [6.45, 7) is 0. The predicted molar refractivity (Wildman–Crippen MR) is 73.6 cm³/mol. The van der Waals surface area contributed by atoms with E-state index in [0.717, 1.165) is 11.1 Å². The molecule has 0 heterocycles. The Morgan fingerprint density at radius 2 is 1.83 bits per heavy atom. The Morgan fingerprint density at radius 1 is 1.17 bits per heavy atom. The molecule has 1 atom stereocenters. The number of aliphatic hydroxyl groups is 1. The first kappa shape index (κ1) is 13.1. The first-order valence-electron chi connectivity index (χ1n) is 5.53. The van der Waals surface area contributed by atoms with Gasteiger partial charge in [-0.3, -0.25) is 0 Å². The molecule has 0 saturated carbocycles. The minimum atomic E-state index is -0.667. The Balaban J connectivity index is 2.15. The number of nitrogen functional groups attached to an aromatic ring is 1. The highest BCUT2D eigenvalue weighted by Crippen LogP contribution is 2.22. The summed E-state index contributed by atoms with van der Waals surface area (Å²) in [6, 6.07) is 11.6. The van der Waals surface area contributed by atoms with Gasteiger partial charge in [0.2, 0.25) is 0 Å². The highest BCUT2D eigenvalue weighted by atomic mass is 79.9. The van der Waals surface area contributed by atoms with Gasteiger partial charge >= 0.3 is 0 Å². The summed E-state index contributed by atoms with van der Waals surface area (Å²) in [4.78, 5) is 0. The second kappa shape index (κ2) is 5.50. The Morgan fingerprint density at radius 3 is 2.44 bits per heavy atom. The first-order chi connectivity index (χ1) is 8.54. The third kappa shape index (κ3) is 3.31. The second-order valence-electron chi connectivity index (χ2n) is 4.16. The van der Waals surface area contributed by atoms with Gasteiger partial charge in [0.05, 0.1) is 6.10 Å². The first-order valence-corrected chi connectivity index (χ1v) is 6.32. The highest BCUT2D eigenvalue weighted by molar-refractivity contribution is 9.10. The summed E-state index contributed by atoms with van der Waals surface area (Å²) in [5, 5.41) is 10.1. The van der Waals surface area contributed by atoms with E-state index < -0.39 is 6.10 Å². The van der Waals surface area contributed by atoms with Crippen LogP contribution in [0.1, 0.15) is 17.2 Å². The van der Waals surface area contributed by atoms with Crippen LogP contribution in [0.25, 0.3) is 0 Å². The van der Waals surface area contributed by atoms with Crippen LogP contribution in [-0.2, 0) is 6.42 Å². The number of aliphatic hydroxyl groups excluding tert-OH is 1. The molecule has 2 rings (SSSR count). The molecule has 1 unspecified atom stereocenters. The van der Waals surface area contributed by atoms with Crippen LogP contribution in [-0.4, -0.2) is 5.11 Å². The summed E-state index contributed by atoms with van der Waals surface area (Å²) < 4.78 is 13.9. The van der Waals surface area contributed by atoms with Crippen molar-refractivity contribution in [3.05, 3.63) is 63.9 Å². The average molecular weight is 310 g/mol. The van der Waals surface area contributed by atoms with Gasteiger partial charge in [0.15, 0.2) is 0 Å². The molecule has 0 fully saturated rings. The topological polar surface area (TPSA) is 46.2 Å². The zero-order valence-electron chi connectivity index (χ0n) is 9.61. The van der Waals surface area contributed by atoms with Crippen LogP contribution in [0.3, 0.4) is 0 Å². The van der Waals surface area contributed by atoms with E-state index in [1.165, 1.54) is 12.1 Å². The molecule has 0 amide bonds. The molecule has 3 N–H and O–H groups in total. The van der Waals surface area contributed by atoms with Crippen molar-refractivity contribution < 1.29 is 9.50 Å². The summed E-state index contributed by atoms with van der Waals surface area (Å²) in [5.74, 6) is -0.316. The number of rotatable bonds is 3. The molecular weight excluding hydrogens is 297 g/mol. The van der Waals surface area contributed by atoms with Crippen molar-refractivity contribution in [2.24, 2.45) is 0 Å². The fourth-order valence-corrected chi connectivity index (χ4v) is 2.30. The largest absolute Gasteiger partial charge is 0.399 e. The van der Waals surface area contributed by atoms with E-state index in [2.05, 4.69) is 15.9 Å². The summed E-state index contributed by atoms with van der Waals surface area (Å²) >= 11 is 3.23. The Bertz CT molecular complexity index is 522. The number of hydrogen-bond acceptors (Lipinski definition) is 2. The maximum Gasteiger partial charge on any atom is 0.124 e. The molecule has 4 heteroatoms. The lowest BCUT2D eigenvalue weighted by Gasteiger charge is -2.11. The molecule has 0 saturated heterocycles. The van der Waals surface area contributed by atoms with Crippen molar-refractivity contribution in [2.75, 3.05) is 5.73 Å². The fraction of sp³-hybridized carbons (Fsp3) is 0.143. The number of nitrogens with two attached hydrogens (primary N) is 1. The second-order valence-corrected chi connectivity index (χ2v) is 5.08. The average Bonchev–Trinajstić information content (AvgIpc) is 2.28. The Kier molecular flexibility index (Phi) is 3.99. The molecule has 94 valence electrons. The maximum atomic E-state index is 13.2. The van der Waals surface area contributed by atoms with E-state index in [1.807, 2.05) is 0 Å². The summed E-state index contributed by atoms with van der Waals surface area (Å²) in [6.07, 6.45) is -0.306. The van der Waals surface area contributed by atoms with Crippen molar-refractivity contribution in [2.45, 2.75) is 12.5 Å². The maximum absolute atomic E-state index is 13.2. The third-order valence-electron chi connectivity index (χ3n) is 2.67. The Labute approximate surface area is 113 Å². The van der Waals surface area contributed by atoms with Gasteiger partial charge in [0.25, 0.3) is 0 Å². The SMILES string of the molecule is Nc1ccc(C(O)Cc2cc(F)cc(Br)c2)cc1. The van der Waals surface area contributed by atoms with Gasteiger partial charge in [0, 0.05) is 16.6 Å². The minimum Gasteiger partial charge on any atom is -0.399 e. The molecule has 18 heavy (non-hydrogen) atoms. The van der Waals surface area contributed by atoms with Gasteiger partial charge in [-0.15, -0.1) is 0 Å². The predicted octanol–water partition coefficient (Wildman–Crippen LogP) is 3.45. The monoisotopic (exact) mass is 309 g/mol. The van der Waals surface area contributed by atoms with Crippen molar-refractivity contribution in [3.63, 3.8) is 0 Å². The molecule has 0 radical (unpaired) electrons. The van der Waals surface area contributed by atoms with E-state index in [9.17, 15) is 9.50 Å². The van der Waals surface area contributed by atoms with Gasteiger partial charge in [-0.05, 0) is 41.5 Å². The van der Waals surface area contributed by atoms with Crippen molar-refractivity contribution >= 4 is 21.6 Å². The molecule has 2 aromatic carbocycles. The van der Waals surface area contributed by atoms with Crippen molar-refractivity contribution in [3.8, 4) is 0 Å². The lowest BCUT2D eigenvalue weighted by Crippen LogP contribution is -2.02. The zero-order chi connectivity index (χ0) is 13.1. The van der Waals surface area contributed by atoms with Crippen LogP contribution in [0.15, 0.2) is 46.9 Å².